The van der Waals surface area contributed by atoms with Crippen LogP contribution in [0.4, 0.5) is 0 Å². The van der Waals surface area contributed by atoms with Gasteiger partial charge in [0.1, 0.15) is 0 Å². The fourth-order valence-corrected chi connectivity index (χ4v) is 4.71. The first-order valence-corrected chi connectivity index (χ1v) is 9.64. The maximum absolute atomic E-state index is 12.4. The summed E-state index contributed by atoms with van der Waals surface area (Å²) in [5.74, 6) is 0.908. The lowest BCUT2D eigenvalue weighted by Crippen LogP contribution is -2.47. The Labute approximate surface area is 129 Å². The third-order valence-electron chi connectivity index (χ3n) is 4.47. The summed E-state index contributed by atoms with van der Waals surface area (Å²) in [6.07, 6.45) is 1.98. The molecule has 0 aromatic carbocycles. The van der Waals surface area contributed by atoms with Crippen LogP contribution in [-0.2, 0) is 10.0 Å². The average Bonchev–Trinajstić information content (AvgIpc) is 2.46. The summed E-state index contributed by atoms with van der Waals surface area (Å²) in [4.78, 5) is 4.44. The van der Waals surface area contributed by atoms with Crippen molar-refractivity contribution in [3.05, 3.63) is 0 Å². The van der Waals surface area contributed by atoms with Gasteiger partial charge in [0.15, 0.2) is 0 Å². The molecular formula is C14H30N4O2S. The van der Waals surface area contributed by atoms with Crippen LogP contribution in [0.25, 0.3) is 0 Å². The molecule has 0 radical (unpaired) electrons. The number of nitrogens with one attached hydrogen (secondary N) is 1. The Morgan fingerprint density at radius 1 is 1.10 bits per heavy atom. The zero-order chi connectivity index (χ0) is 15.3. The quantitative estimate of drug-likeness (QED) is 0.715. The second kappa shape index (κ2) is 7.87. The molecule has 1 N–H and O–H groups in total. The third-order valence-corrected chi connectivity index (χ3v) is 6.32. The topological polar surface area (TPSA) is 55.9 Å². The highest BCUT2D eigenvalue weighted by atomic mass is 32.2. The predicted octanol–water partition coefficient (Wildman–Crippen LogP) is -0.505. The number of hydrogen-bond donors (Lipinski definition) is 1. The number of piperidine rings is 1. The first-order chi connectivity index (χ1) is 9.97. The molecule has 2 rings (SSSR count). The van der Waals surface area contributed by atoms with Crippen LogP contribution in [-0.4, -0.2) is 94.7 Å². The molecule has 2 aliphatic rings. The fraction of sp³-hybridized carbons (Fsp3) is 1.00. The molecule has 0 saturated carbocycles. The molecule has 0 atom stereocenters. The Morgan fingerprint density at radius 2 is 1.71 bits per heavy atom. The van der Waals surface area contributed by atoms with Crippen molar-refractivity contribution in [2.75, 3.05) is 72.2 Å². The van der Waals surface area contributed by atoms with Crippen molar-refractivity contribution in [3.8, 4) is 0 Å². The minimum atomic E-state index is -3.08. The van der Waals surface area contributed by atoms with Crippen LogP contribution < -0.4 is 5.32 Å². The van der Waals surface area contributed by atoms with Gasteiger partial charge in [0, 0.05) is 52.4 Å². The predicted molar refractivity (Wildman–Crippen MR) is 85.9 cm³/mol. The molecule has 2 aliphatic heterocycles. The minimum absolute atomic E-state index is 0.269. The van der Waals surface area contributed by atoms with Crippen LogP contribution in [0.3, 0.4) is 0 Å². The highest BCUT2D eigenvalue weighted by Crippen LogP contribution is 2.20. The molecule has 21 heavy (non-hydrogen) atoms. The summed E-state index contributed by atoms with van der Waals surface area (Å²) >= 11 is 0. The molecule has 0 spiro atoms. The number of nitrogens with zero attached hydrogens (tertiary/aromatic N) is 3. The van der Waals surface area contributed by atoms with Crippen molar-refractivity contribution in [3.63, 3.8) is 0 Å². The van der Waals surface area contributed by atoms with Gasteiger partial charge in [-0.15, -0.1) is 0 Å². The van der Waals surface area contributed by atoms with Crippen molar-refractivity contribution >= 4 is 10.0 Å². The van der Waals surface area contributed by atoms with Crippen molar-refractivity contribution < 1.29 is 8.42 Å². The maximum atomic E-state index is 12.4. The highest BCUT2D eigenvalue weighted by Gasteiger charge is 2.28. The van der Waals surface area contributed by atoms with Gasteiger partial charge in [0.25, 0.3) is 0 Å². The van der Waals surface area contributed by atoms with Gasteiger partial charge in [-0.05, 0) is 32.9 Å². The van der Waals surface area contributed by atoms with Gasteiger partial charge in [-0.1, -0.05) is 0 Å². The lowest BCUT2D eigenvalue weighted by Gasteiger charge is -2.33. The van der Waals surface area contributed by atoms with E-state index in [0.717, 1.165) is 45.6 Å². The zero-order valence-corrected chi connectivity index (χ0v) is 14.2. The lowest BCUT2D eigenvalue weighted by atomic mass is 9.98. The molecule has 2 saturated heterocycles. The molecule has 0 unspecified atom stereocenters. The van der Waals surface area contributed by atoms with Crippen LogP contribution >= 0.6 is 0 Å². The summed E-state index contributed by atoms with van der Waals surface area (Å²) in [6, 6.07) is 0. The molecule has 0 amide bonds. The Hall–Kier alpha value is -0.210. The summed E-state index contributed by atoms with van der Waals surface area (Å²) in [7, 11) is 1.08. The Morgan fingerprint density at radius 3 is 2.29 bits per heavy atom. The van der Waals surface area contributed by atoms with E-state index in [1.165, 1.54) is 0 Å². The zero-order valence-electron chi connectivity index (χ0n) is 13.4. The molecule has 0 bridgehead atoms. The molecule has 7 heteroatoms. The highest BCUT2D eigenvalue weighted by molar-refractivity contribution is 7.89. The van der Waals surface area contributed by atoms with Gasteiger partial charge in [-0.2, -0.15) is 0 Å². The SMILES string of the molecule is CN(C)CC1CCN(S(=O)(=O)CCN2CCNCC2)CC1. The minimum Gasteiger partial charge on any atom is -0.314 e. The average molecular weight is 318 g/mol. The van der Waals surface area contributed by atoms with Crippen molar-refractivity contribution in [1.82, 2.24) is 19.4 Å². The number of piperazine rings is 1. The van der Waals surface area contributed by atoms with E-state index in [9.17, 15) is 8.42 Å². The van der Waals surface area contributed by atoms with Crippen molar-refractivity contribution in [2.24, 2.45) is 5.92 Å². The number of hydrogen-bond acceptors (Lipinski definition) is 5. The van der Waals surface area contributed by atoms with Crippen molar-refractivity contribution in [2.45, 2.75) is 12.8 Å². The van der Waals surface area contributed by atoms with E-state index in [-0.39, 0.29) is 5.75 Å². The summed E-state index contributed by atoms with van der Waals surface area (Å²) < 4.78 is 26.6. The third kappa shape index (κ3) is 5.49. The van der Waals surface area contributed by atoms with Gasteiger partial charge >= 0.3 is 0 Å². The molecule has 0 aromatic rings. The Balaban J connectivity index is 1.75. The van der Waals surface area contributed by atoms with E-state index in [4.69, 9.17) is 0 Å². The molecule has 2 fully saturated rings. The van der Waals surface area contributed by atoms with E-state index < -0.39 is 10.0 Å². The first kappa shape index (κ1) is 17.1. The lowest BCUT2D eigenvalue weighted by molar-refractivity contribution is 0.222. The van der Waals surface area contributed by atoms with Gasteiger partial charge in [-0.25, -0.2) is 12.7 Å². The van der Waals surface area contributed by atoms with E-state index in [1.807, 2.05) is 0 Å². The van der Waals surface area contributed by atoms with Crippen LogP contribution in [0.5, 0.6) is 0 Å². The molecular weight excluding hydrogens is 288 g/mol. The van der Waals surface area contributed by atoms with E-state index >= 15 is 0 Å². The Bertz CT molecular complexity index is 399. The smallest absolute Gasteiger partial charge is 0.215 e. The van der Waals surface area contributed by atoms with Crippen LogP contribution in [0, 0.1) is 5.92 Å². The summed E-state index contributed by atoms with van der Waals surface area (Å²) in [5.41, 5.74) is 0. The molecule has 124 valence electrons. The number of rotatable bonds is 6. The van der Waals surface area contributed by atoms with Crippen LogP contribution in [0.1, 0.15) is 12.8 Å². The molecule has 6 nitrogen and oxygen atoms in total. The van der Waals surface area contributed by atoms with Gasteiger partial charge in [-0.3, -0.25) is 4.90 Å². The van der Waals surface area contributed by atoms with E-state index in [2.05, 4.69) is 29.2 Å². The van der Waals surface area contributed by atoms with E-state index in [0.29, 0.717) is 25.6 Å². The molecule has 0 aliphatic carbocycles. The summed E-state index contributed by atoms with van der Waals surface area (Å²) in [5, 5.41) is 3.29. The molecule has 0 aromatic heterocycles. The van der Waals surface area contributed by atoms with Crippen LogP contribution in [0.2, 0.25) is 0 Å². The van der Waals surface area contributed by atoms with E-state index in [1.54, 1.807) is 4.31 Å². The van der Waals surface area contributed by atoms with Gasteiger partial charge in [0.05, 0.1) is 5.75 Å². The summed E-state index contributed by atoms with van der Waals surface area (Å²) in [6.45, 7) is 6.98. The monoisotopic (exact) mass is 318 g/mol. The normalized spacial score (nSPS) is 23.8. The van der Waals surface area contributed by atoms with Gasteiger partial charge < -0.3 is 10.2 Å². The largest absolute Gasteiger partial charge is 0.314 e. The van der Waals surface area contributed by atoms with Crippen LogP contribution in [0.15, 0.2) is 0 Å². The fourth-order valence-electron chi connectivity index (χ4n) is 3.19. The second-order valence-electron chi connectivity index (χ2n) is 6.51. The Kier molecular flexibility index (Phi) is 6.43. The second-order valence-corrected chi connectivity index (χ2v) is 8.60. The maximum Gasteiger partial charge on any atom is 0.215 e. The van der Waals surface area contributed by atoms with Gasteiger partial charge in [0.2, 0.25) is 10.0 Å². The standard InChI is InChI=1S/C14H30N4O2S/c1-16(2)13-14-3-7-18(8-4-14)21(19,20)12-11-17-9-5-15-6-10-17/h14-15H,3-13H2,1-2H3. The first-order valence-electron chi connectivity index (χ1n) is 8.03. The van der Waals surface area contributed by atoms with Crippen molar-refractivity contribution in [1.29, 1.82) is 0 Å². The molecule has 2 heterocycles. The number of sulfonamides is 1.